The molecular weight excluding hydrogens is 454 g/mol. The van der Waals surface area contributed by atoms with E-state index in [1.807, 2.05) is 0 Å². The molecule has 0 amide bonds. The van der Waals surface area contributed by atoms with Crippen molar-refractivity contribution >= 4 is 22.5 Å². The van der Waals surface area contributed by atoms with Gasteiger partial charge in [-0.15, -0.1) is 0 Å². The molecule has 1 heterocycles. The predicted molar refractivity (Wildman–Crippen MR) is 117 cm³/mol. The fourth-order valence-corrected chi connectivity index (χ4v) is 3.45. The Kier molecular flexibility index (Phi) is 7.24. The van der Waals surface area contributed by atoms with Gasteiger partial charge in [-0.3, -0.25) is 14.6 Å². The van der Waals surface area contributed by atoms with Crippen LogP contribution in [0.1, 0.15) is 54.7 Å². The molecule has 0 bridgehead atoms. The van der Waals surface area contributed by atoms with Gasteiger partial charge in [-0.25, -0.2) is 4.39 Å². The first kappa shape index (κ1) is 25.1. The van der Waals surface area contributed by atoms with Crippen LogP contribution in [-0.4, -0.2) is 21.8 Å². The van der Waals surface area contributed by atoms with E-state index < -0.39 is 34.7 Å². The van der Waals surface area contributed by atoms with Gasteiger partial charge in [0.25, 0.3) is 0 Å². The largest absolute Gasteiger partial charge is 0.486 e. The highest BCUT2D eigenvalue weighted by Crippen LogP contribution is 2.36. The van der Waals surface area contributed by atoms with E-state index in [-0.39, 0.29) is 41.8 Å². The van der Waals surface area contributed by atoms with Crippen molar-refractivity contribution in [3.8, 4) is 5.75 Å². The van der Waals surface area contributed by atoms with Gasteiger partial charge in [0, 0.05) is 23.4 Å². The Hall–Kier alpha value is -3.49. The monoisotopic (exact) mass is 477 g/mol. The number of benzene rings is 2. The predicted octanol–water partition coefficient (Wildman–Crippen LogP) is 6.44. The number of Topliss-reactive ketones (excluding diaryl/α,β-unsaturated/α-hetero) is 1. The number of ether oxygens (including phenoxy) is 1. The van der Waals surface area contributed by atoms with E-state index in [0.29, 0.717) is 18.0 Å². The molecule has 34 heavy (non-hydrogen) atoms. The highest BCUT2D eigenvalue weighted by molar-refractivity contribution is 6.05. The third kappa shape index (κ3) is 5.35. The van der Waals surface area contributed by atoms with Crippen LogP contribution in [0.4, 0.5) is 17.6 Å². The Labute approximate surface area is 193 Å². The summed E-state index contributed by atoms with van der Waals surface area (Å²) in [5.41, 5.74) is -1.90. The summed E-state index contributed by atoms with van der Waals surface area (Å²) < 4.78 is 58.9. The molecule has 0 unspecified atom stereocenters. The summed E-state index contributed by atoms with van der Waals surface area (Å²) in [7, 11) is 0. The highest BCUT2D eigenvalue weighted by atomic mass is 19.4. The summed E-state index contributed by atoms with van der Waals surface area (Å²) in [6.45, 7) is 2.99. The third-order valence-electron chi connectivity index (χ3n) is 5.96. The molecule has 1 aromatic heterocycles. The van der Waals surface area contributed by atoms with Crippen molar-refractivity contribution in [2.75, 3.05) is 0 Å². The van der Waals surface area contributed by atoms with Crippen LogP contribution in [0.5, 0.6) is 5.75 Å². The van der Waals surface area contributed by atoms with Crippen LogP contribution in [0.15, 0.2) is 48.7 Å². The molecule has 1 atom stereocenters. The molecule has 3 rings (SSSR count). The van der Waals surface area contributed by atoms with Crippen LogP contribution in [0.3, 0.4) is 0 Å². The first-order chi connectivity index (χ1) is 16.0. The molecule has 0 aliphatic rings. The molecule has 0 radical (unpaired) electrons. The first-order valence-electron chi connectivity index (χ1n) is 10.6. The number of hydrogen-bond acceptors (Lipinski definition) is 4. The average Bonchev–Trinajstić information content (AvgIpc) is 2.81. The van der Waals surface area contributed by atoms with E-state index in [1.165, 1.54) is 13.0 Å². The topological polar surface area (TPSA) is 76.5 Å². The van der Waals surface area contributed by atoms with Gasteiger partial charge in [0.05, 0.1) is 22.2 Å². The molecule has 0 aliphatic carbocycles. The van der Waals surface area contributed by atoms with Gasteiger partial charge >= 0.3 is 12.1 Å². The molecule has 180 valence electrons. The van der Waals surface area contributed by atoms with Gasteiger partial charge in [-0.2, -0.15) is 13.2 Å². The van der Waals surface area contributed by atoms with Crippen molar-refractivity contribution < 1.29 is 37.0 Å². The lowest BCUT2D eigenvalue weighted by Crippen LogP contribution is -2.27. The number of nitrogens with zero attached hydrogens (tertiary/aromatic N) is 1. The van der Waals surface area contributed by atoms with E-state index in [1.54, 1.807) is 25.1 Å². The van der Waals surface area contributed by atoms with Gasteiger partial charge < -0.3 is 9.84 Å². The van der Waals surface area contributed by atoms with Crippen LogP contribution in [0.25, 0.3) is 10.8 Å². The minimum atomic E-state index is -4.53. The maximum absolute atomic E-state index is 14.8. The SMILES string of the molecule is CC[C@@](C)(CCC(=O)c1cc(F)c2ccccc2c1OCc1ccc(C(F)(F)F)cn1)C(=O)O. The Morgan fingerprint density at radius 3 is 2.32 bits per heavy atom. The maximum atomic E-state index is 14.8. The van der Waals surface area contributed by atoms with Crippen LogP contribution in [0, 0.1) is 11.2 Å². The van der Waals surface area contributed by atoms with Gasteiger partial charge in [0.15, 0.2) is 5.78 Å². The zero-order valence-electron chi connectivity index (χ0n) is 18.6. The number of aromatic nitrogens is 1. The standard InChI is InChI=1S/C25H23F4NO4/c1-3-24(2,23(32)33)11-10-21(31)19-12-20(26)17-6-4-5-7-18(17)22(19)34-14-16-9-8-15(13-30-16)25(27,28)29/h4-9,12-13H,3,10-11,14H2,1-2H3,(H,32,33)/t24-/m0/s1. The number of carboxylic acids is 1. The molecule has 0 saturated carbocycles. The molecule has 3 aromatic rings. The second kappa shape index (κ2) is 9.79. The van der Waals surface area contributed by atoms with Crippen molar-refractivity contribution in [3.63, 3.8) is 0 Å². The van der Waals surface area contributed by atoms with Gasteiger partial charge in [-0.1, -0.05) is 31.2 Å². The number of pyridine rings is 1. The number of hydrogen-bond donors (Lipinski definition) is 1. The number of halogens is 4. The van der Waals surface area contributed by atoms with E-state index in [0.717, 1.165) is 18.2 Å². The Morgan fingerprint density at radius 1 is 1.09 bits per heavy atom. The molecule has 1 N–H and O–H groups in total. The summed E-state index contributed by atoms with van der Waals surface area (Å²) in [6.07, 6.45) is -3.63. The lowest BCUT2D eigenvalue weighted by atomic mass is 9.81. The average molecular weight is 477 g/mol. The fraction of sp³-hybridized carbons (Fsp3) is 0.320. The van der Waals surface area contributed by atoms with E-state index in [9.17, 15) is 32.3 Å². The normalized spacial score (nSPS) is 13.5. The second-order valence-electron chi connectivity index (χ2n) is 8.25. The van der Waals surface area contributed by atoms with Crippen LogP contribution in [-0.2, 0) is 17.6 Å². The fourth-order valence-electron chi connectivity index (χ4n) is 3.45. The Bertz CT molecular complexity index is 1210. The van der Waals surface area contributed by atoms with Crippen LogP contribution < -0.4 is 4.74 Å². The zero-order valence-corrected chi connectivity index (χ0v) is 18.6. The Balaban J connectivity index is 1.93. The van der Waals surface area contributed by atoms with Crippen molar-refractivity contribution in [2.24, 2.45) is 5.41 Å². The number of carbonyl (C=O) groups is 2. The quantitative estimate of drug-likeness (QED) is 0.284. The van der Waals surface area contributed by atoms with Crippen molar-refractivity contribution in [1.82, 2.24) is 4.98 Å². The minimum Gasteiger partial charge on any atom is -0.486 e. The molecule has 9 heteroatoms. The van der Waals surface area contributed by atoms with Crippen molar-refractivity contribution in [2.45, 2.75) is 45.9 Å². The zero-order chi connectivity index (χ0) is 25.1. The number of rotatable bonds is 9. The van der Waals surface area contributed by atoms with E-state index >= 15 is 0 Å². The highest BCUT2D eigenvalue weighted by Gasteiger charge is 2.32. The lowest BCUT2D eigenvalue weighted by molar-refractivity contribution is -0.148. The van der Waals surface area contributed by atoms with E-state index in [4.69, 9.17) is 4.74 Å². The first-order valence-corrected chi connectivity index (χ1v) is 10.6. The molecule has 0 aliphatic heterocycles. The third-order valence-corrected chi connectivity index (χ3v) is 5.96. The number of aliphatic carboxylic acids is 1. The van der Waals surface area contributed by atoms with Gasteiger partial charge in [0.2, 0.25) is 0 Å². The smallest absolute Gasteiger partial charge is 0.417 e. The van der Waals surface area contributed by atoms with E-state index in [2.05, 4.69) is 4.98 Å². The molecule has 5 nitrogen and oxygen atoms in total. The lowest BCUT2D eigenvalue weighted by Gasteiger charge is -2.22. The summed E-state index contributed by atoms with van der Waals surface area (Å²) >= 11 is 0. The molecule has 0 saturated heterocycles. The molecule has 0 spiro atoms. The molecular formula is C25H23F4NO4. The van der Waals surface area contributed by atoms with Gasteiger partial charge in [0.1, 0.15) is 18.2 Å². The molecule has 0 fully saturated rings. The van der Waals surface area contributed by atoms with Crippen molar-refractivity contribution in [3.05, 3.63) is 71.3 Å². The summed E-state index contributed by atoms with van der Waals surface area (Å²) in [4.78, 5) is 28.4. The minimum absolute atomic E-state index is 0.0476. The maximum Gasteiger partial charge on any atom is 0.417 e. The second-order valence-corrected chi connectivity index (χ2v) is 8.25. The van der Waals surface area contributed by atoms with Gasteiger partial charge in [-0.05, 0) is 38.0 Å². The summed E-state index contributed by atoms with van der Waals surface area (Å²) in [5, 5.41) is 9.98. The number of carbonyl (C=O) groups excluding carboxylic acids is 1. The number of carboxylic acid groups (broad SMARTS) is 1. The number of fused-ring (bicyclic) bond motifs is 1. The van der Waals surface area contributed by atoms with Crippen LogP contribution >= 0.6 is 0 Å². The van der Waals surface area contributed by atoms with Crippen LogP contribution in [0.2, 0.25) is 0 Å². The van der Waals surface area contributed by atoms with Crippen molar-refractivity contribution in [1.29, 1.82) is 0 Å². The number of ketones is 1. The molecule has 2 aromatic carbocycles. The summed E-state index contributed by atoms with van der Waals surface area (Å²) in [6, 6.07) is 9.42. The number of alkyl halides is 3. The Morgan fingerprint density at radius 2 is 1.76 bits per heavy atom. The summed E-state index contributed by atoms with van der Waals surface area (Å²) in [5.74, 6) is -2.11.